The summed E-state index contributed by atoms with van der Waals surface area (Å²) < 4.78 is 20.1. The second-order valence-electron chi connectivity index (χ2n) is 7.09. The van der Waals surface area contributed by atoms with Crippen LogP contribution in [0.15, 0.2) is 59.4 Å². The number of hydrogen-bond donors (Lipinski definition) is 2. The third kappa shape index (κ3) is 5.21. The molecule has 0 saturated carbocycles. The monoisotopic (exact) mass is 459 g/mol. The molecule has 0 aliphatic rings. The minimum atomic E-state index is -0.729. The number of aliphatic hydroxyl groups excluding tert-OH is 1. The third-order valence-corrected chi connectivity index (χ3v) is 5.27. The molecule has 0 radical (unpaired) electrons. The van der Waals surface area contributed by atoms with Gasteiger partial charge in [0.05, 0.1) is 30.1 Å². The van der Waals surface area contributed by atoms with Crippen molar-refractivity contribution >= 4 is 17.5 Å². The standard InChI is InChI=1S/C23H23ClFN3O4/c1-3-21(32-2)20(13-29)26-22(30)18-12-19(14-7-9-15(24)10-8-14)27-28(23(18)31)17-6-4-5-16(25)11-17/h4-12,20-21,29H,3,13H2,1-2H3,(H,26,30). The van der Waals surface area contributed by atoms with Crippen LogP contribution in [0.1, 0.15) is 23.7 Å². The number of nitrogens with one attached hydrogen (secondary N) is 1. The number of hydrogen-bond acceptors (Lipinski definition) is 5. The van der Waals surface area contributed by atoms with Crippen LogP contribution in [0.4, 0.5) is 4.39 Å². The third-order valence-electron chi connectivity index (χ3n) is 5.02. The Balaban J connectivity index is 2.13. The minimum absolute atomic E-state index is 0.168. The molecule has 7 nitrogen and oxygen atoms in total. The van der Waals surface area contributed by atoms with Gasteiger partial charge in [-0.25, -0.2) is 4.39 Å². The Hall–Kier alpha value is -3.07. The number of carbonyl (C=O) groups excluding carboxylic acids is 1. The van der Waals surface area contributed by atoms with E-state index in [0.717, 1.165) is 10.7 Å². The molecule has 0 fully saturated rings. The van der Waals surface area contributed by atoms with Gasteiger partial charge >= 0.3 is 0 Å². The van der Waals surface area contributed by atoms with Crippen molar-refractivity contribution in [3.8, 4) is 16.9 Å². The van der Waals surface area contributed by atoms with Crippen molar-refractivity contribution in [3.05, 3.63) is 81.4 Å². The fourth-order valence-corrected chi connectivity index (χ4v) is 3.45. The van der Waals surface area contributed by atoms with Crippen molar-refractivity contribution < 1.29 is 19.0 Å². The Morgan fingerprint density at radius 1 is 1.25 bits per heavy atom. The van der Waals surface area contributed by atoms with Crippen LogP contribution in [0.2, 0.25) is 5.02 Å². The summed E-state index contributed by atoms with van der Waals surface area (Å²) in [4.78, 5) is 26.2. The quantitative estimate of drug-likeness (QED) is 0.539. The molecule has 9 heteroatoms. The molecule has 0 saturated heterocycles. The Labute approximate surface area is 189 Å². The number of halogens is 2. The zero-order chi connectivity index (χ0) is 23.3. The smallest absolute Gasteiger partial charge is 0.284 e. The van der Waals surface area contributed by atoms with Gasteiger partial charge in [0.1, 0.15) is 11.4 Å². The highest BCUT2D eigenvalue weighted by Gasteiger charge is 2.24. The highest BCUT2D eigenvalue weighted by molar-refractivity contribution is 6.30. The molecular formula is C23H23ClFN3O4. The average Bonchev–Trinajstić information content (AvgIpc) is 2.79. The van der Waals surface area contributed by atoms with Crippen molar-refractivity contribution in [2.45, 2.75) is 25.5 Å². The van der Waals surface area contributed by atoms with Crippen molar-refractivity contribution in [2.75, 3.05) is 13.7 Å². The van der Waals surface area contributed by atoms with Crippen LogP contribution in [0.25, 0.3) is 16.9 Å². The van der Waals surface area contributed by atoms with E-state index in [1.165, 1.54) is 31.4 Å². The molecular weight excluding hydrogens is 437 g/mol. The lowest BCUT2D eigenvalue weighted by molar-refractivity contribution is 0.0401. The lowest BCUT2D eigenvalue weighted by Crippen LogP contribution is -2.48. The van der Waals surface area contributed by atoms with Gasteiger partial charge in [0.25, 0.3) is 11.5 Å². The highest BCUT2D eigenvalue weighted by atomic mass is 35.5. The molecule has 0 aliphatic carbocycles. The molecule has 3 aromatic rings. The Bertz CT molecular complexity index is 1150. The molecule has 2 N–H and O–H groups in total. The van der Waals surface area contributed by atoms with E-state index < -0.39 is 29.4 Å². The van der Waals surface area contributed by atoms with E-state index in [2.05, 4.69) is 10.4 Å². The summed E-state index contributed by atoms with van der Waals surface area (Å²) in [5.41, 5.74) is 0.152. The Kier molecular flexibility index (Phi) is 7.74. The van der Waals surface area contributed by atoms with Crippen LogP contribution >= 0.6 is 11.6 Å². The van der Waals surface area contributed by atoms with Crippen LogP contribution in [0.3, 0.4) is 0 Å². The van der Waals surface area contributed by atoms with E-state index in [1.54, 1.807) is 24.3 Å². The van der Waals surface area contributed by atoms with Gasteiger partial charge in [-0.15, -0.1) is 0 Å². The van der Waals surface area contributed by atoms with Crippen LogP contribution in [0, 0.1) is 5.82 Å². The molecule has 1 aromatic heterocycles. The first-order chi connectivity index (χ1) is 15.4. The predicted molar refractivity (Wildman–Crippen MR) is 120 cm³/mol. The molecule has 0 spiro atoms. The van der Waals surface area contributed by atoms with E-state index in [0.29, 0.717) is 22.7 Å². The topological polar surface area (TPSA) is 93.4 Å². The van der Waals surface area contributed by atoms with Gasteiger partial charge in [0.15, 0.2) is 0 Å². The molecule has 3 rings (SSSR count). The molecule has 1 heterocycles. The molecule has 0 bridgehead atoms. The Morgan fingerprint density at radius 3 is 2.56 bits per heavy atom. The molecule has 2 aromatic carbocycles. The van der Waals surface area contributed by atoms with Gasteiger partial charge in [-0.1, -0.05) is 36.7 Å². The van der Waals surface area contributed by atoms with Gasteiger partial charge in [-0.2, -0.15) is 9.78 Å². The average molecular weight is 460 g/mol. The molecule has 0 aliphatic heterocycles. The Morgan fingerprint density at radius 2 is 1.97 bits per heavy atom. The maximum Gasteiger partial charge on any atom is 0.284 e. The van der Waals surface area contributed by atoms with Gasteiger partial charge < -0.3 is 15.2 Å². The van der Waals surface area contributed by atoms with Crippen LogP contribution in [-0.2, 0) is 4.74 Å². The summed E-state index contributed by atoms with van der Waals surface area (Å²) >= 11 is 5.96. The fraction of sp³-hybridized carbons (Fsp3) is 0.261. The molecule has 2 atom stereocenters. The fourth-order valence-electron chi connectivity index (χ4n) is 3.32. The molecule has 32 heavy (non-hydrogen) atoms. The summed E-state index contributed by atoms with van der Waals surface area (Å²) in [6.07, 6.45) is 0.106. The number of aliphatic hydroxyl groups is 1. The van der Waals surface area contributed by atoms with E-state index in [9.17, 15) is 19.1 Å². The van der Waals surface area contributed by atoms with E-state index >= 15 is 0 Å². The molecule has 168 valence electrons. The van der Waals surface area contributed by atoms with Gasteiger partial charge in [0, 0.05) is 17.7 Å². The molecule has 1 amide bonds. The van der Waals surface area contributed by atoms with Crippen molar-refractivity contribution in [3.63, 3.8) is 0 Å². The van der Waals surface area contributed by atoms with Gasteiger partial charge in [-0.3, -0.25) is 9.59 Å². The second-order valence-corrected chi connectivity index (χ2v) is 7.53. The highest BCUT2D eigenvalue weighted by Crippen LogP contribution is 2.20. The maximum absolute atomic E-state index is 13.8. The summed E-state index contributed by atoms with van der Waals surface area (Å²) in [7, 11) is 1.48. The van der Waals surface area contributed by atoms with E-state index in [1.807, 2.05) is 6.92 Å². The molecule has 2 unspecified atom stereocenters. The number of amides is 1. The number of benzene rings is 2. The van der Waals surface area contributed by atoms with Crippen LogP contribution < -0.4 is 10.9 Å². The van der Waals surface area contributed by atoms with Crippen LogP contribution in [0.5, 0.6) is 0 Å². The summed E-state index contributed by atoms with van der Waals surface area (Å²) in [5, 5.41) is 17.2. The largest absolute Gasteiger partial charge is 0.394 e. The first-order valence-corrected chi connectivity index (χ1v) is 10.4. The minimum Gasteiger partial charge on any atom is -0.394 e. The number of carbonyl (C=O) groups is 1. The number of methoxy groups -OCH3 is 1. The number of nitrogens with zero attached hydrogens (tertiary/aromatic N) is 2. The zero-order valence-electron chi connectivity index (χ0n) is 17.6. The number of aromatic nitrogens is 2. The maximum atomic E-state index is 13.8. The van der Waals surface area contributed by atoms with Crippen molar-refractivity contribution in [2.24, 2.45) is 0 Å². The summed E-state index contributed by atoms with van der Waals surface area (Å²) in [6, 6.07) is 12.7. The van der Waals surface area contributed by atoms with E-state index in [-0.39, 0.29) is 17.9 Å². The lowest BCUT2D eigenvalue weighted by atomic mass is 10.1. The van der Waals surface area contributed by atoms with Gasteiger partial charge in [-0.05, 0) is 42.8 Å². The number of ether oxygens (including phenoxy) is 1. The normalized spacial score (nSPS) is 12.9. The second kappa shape index (κ2) is 10.5. The summed E-state index contributed by atoms with van der Waals surface area (Å²) in [5.74, 6) is -1.25. The van der Waals surface area contributed by atoms with Crippen LogP contribution in [-0.4, -0.2) is 46.7 Å². The first-order valence-electron chi connectivity index (χ1n) is 9.98. The SMILES string of the molecule is CCC(OC)C(CO)NC(=O)c1cc(-c2ccc(Cl)cc2)nn(-c2cccc(F)c2)c1=O. The van der Waals surface area contributed by atoms with Crippen molar-refractivity contribution in [1.82, 2.24) is 15.1 Å². The van der Waals surface area contributed by atoms with Gasteiger partial charge in [0.2, 0.25) is 0 Å². The zero-order valence-corrected chi connectivity index (χ0v) is 18.3. The predicted octanol–water partition coefficient (Wildman–Crippen LogP) is 3.21. The van der Waals surface area contributed by atoms with E-state index in [4.69, 9.17) is 16.3 Å². The summed E-state index contributed by atoms with van der Waals surface area (Å²) in [6.45, 7) is 1.48. The number of rotatable bonds is 8. The first kappa shape index (κ1) is 23.6. The lowest BCUT2D eigenvalue weighted by Gasteiger charge is -2.24. The van der Waals surface area contributed by atoms with Crippen molar-refractivity contribution in [1.29, 1.82) is 0 Å².